The van der Waals surface area contributed by atoms with Crippen LogP contribution in [0.4, 0.5) is 5.69 Å². The number of rotatable bonds is 5. The first-order valence-corrected chi connectivity index (χ1v) is 9.12. The molecule has 2 heterocycles. The van der Waals surface area contributed by atoms with Gasteiger partial charge in [-0.3, -0.25) is 9.78 Å². The minimum Gasteiger partial charge on any atom is -0.335 e. The molecule has 0 saturated heterocycles. The summed E-state index contributed by atoms with van der Waals surface area (Å²) in [6.07, 6.45) is 3.29. The fraction of sp³-hybridized carbons (Fsp3) is 0.125. The minimum absolute atomic E-state index is 0.259. The Morgan fingerprint density at radius 3 is 2.85 bits per heavy atom. The molecular weight excluding hydrogens is 395 g/mol. The van der Waals surface area contributed by atoms with E-state index in [0.29, 0.717) is 26.7 Å². The lowest BCUT2D eigenvalue weighted by Gasteiger charge is -2.12. The summed E-state index contributed by atoms with van der Waals surface area (Å²) in [5, 5.41) is 11.7. The number of nitrogen functional groups attached to an aromatic ring is 1. The molecule has 26 heavy (non-hydrogen) atoms. The Bertz CT molecular complexity index is 934. The van der Waals surface area contributed by atoms with Crippen molar-refractivity contribution in [3.8, 4) is 11.4 Å². The molecule has 3 rings (SSSR count). The number of carbonyl (C=O) groups is 1. The van der Waals surface area contributed by atoms with Gasteiger partial charge in [-0.15, -0.1) is 10.2 Å². The van der Waals surface area contributed by atoms with E-state index in [-0.39, 0.29) is 5.91 Å². The van der Waals surface area contributed by atoms with Crippen LogP contribution in [0.3, 0.4) is 0 Å². The van der Waals surface area contributed by atoms with Crippen molar-refractivity contribution >= 4 is 46.6 Å². The molecule has 3 aromatic rings. The van der Waals surface area contributed by atoms with Crippen molar-refractivity contribution in [3.05, 3.63) is 52.8 Å². The minimum atomic E-state index is -0.488. The molecule has 0 bridgehead atoms. The van der Waals surface area contributed by atoms with Crippen LogP contribution in [0.1, 0.15) is 6.92 Å². The van der Waals surface area contributed by atoms with Gasteiger partial charge in [0.05, 0.1) is 16.0 Å². The molecule has 0 spiro atoms. The number of amides is 1. The number of aromatic nitrogens is 4. The molecule has 0 saturated carbocycles. The fourth-order valence-corrected chi connectivity index (χ4v) is 3.20. The Morgan fingerprint density at radius 2 is 2.12 bits per heavy atom. The first-order valence-electron chi connectivity index (χ1n) is 7.49. The van der Waals surface area contributed by atoms with Crippen LogP contribution in [-0.4, -0.2) is 31.0 Å². The molecule has 10 heteroatoms. The fourth-order valence-electron chi connectivity index (χ4n) is 2.09. The SMILES string of the molecule is C[C@H](Sc1nnc(-c2cccnc2)n1N)C(=O)Nc1cc(Cl)ccc1Cl. The number of nitrogens with one attached hydrogen (secondary N) is 1. The Kier molecular flexibility index (Phi) is 5.65. The number of anilines is 1. The van der Waals surface area contributed by atoms with Crippen LogP contribution in [-0.2, 0) is 4.79 Å². The van der Waals surface area contributed by atoms with E-state index < -0.39 is 5.25 Å². The monoisotopic (exact) mass is 408 g/mol. The number of hydrogen-bond acceptors (Lipinski definition) is 6. The molecule has 0 radical (unpaired) electrons. The average Bonchev–Trinajstić information content (AvgIpc) is 2.99. The molecule has 3 N–H and O–H groups in total. The molecule has 0 aliphatic rings. The van der Waals surface area contributed by atoms with E-state index in [2.05, 4.69) is 20.5 Å². The molecule has 134 valence electrons. The van der Waals surface area contributed by atoms with Crippen LogP contribution in [0.5, 0.6) is 0 Å². The largest absolute Gasteiger partial charge is 0.335 e. The number of nitrogens with zero attached hydrogens (tertiary/aromatic N) is 4. The number of halogens is 2. The number of carbonyl (C=O) groups excluding carboxylic acids is 1. The van der Waals surface area contributed by atoms with E-state index in [1.807, 2.05) is 6.07 Å². The Balaban J connectivity index is 1.72. The third-order valence-electron chi connectivity index (χ3n) is 3.42. The summed E-state index contributed by atoms with van der Waals surface area (Å²) in [5.41, 5.74) is 1.18. The highest BCUT2D eigenvalue weighted by Gasteiger charge is 2.20. The highest BCUT2D eigenvalue weighted by molar-refractivity contribution is 8.00. The van der Waals surface area contributed by atoms with E-state index in [9.17, 15) is 4.79 Å². The highest BCUT2D eigenvalue weighted by atomic mass is 35.5. The van der Waals surface area contributed by atoms with Gasteiger partial charge in [0.1, 0.15) is 0 Å². The predicted molar refractivity (Wildman–Crippen MR) is 104 cm³/mol. The lowest BCUT2D eigenvalue weighted by Crippen LogP contribution is -2.23. The van der Waals surface area contributed by atoms with Crippen LogP contribution in [0, 0.1) is 0 Å². The van der Waals surface area contributed by atoms with E-state index in [1.54, 1.807) is 43.6 Å². The third kappa shape index (κ3) is 4.09. The van der Waals surface area contributed by atoms with Gasteiger partial charge in [-0.05, 0) is 37.3 Å². The number of benzene rings is 1. The van der Waals surface area contributed by atoms with Crippen molar-refractivity contribution in [2.75, 3.05) is 11.2 Å². The first kappa shape index (κ1) is 18.5. The first-order chi connectivity index (χ1) is 12.5. The molecule has 0 fully saturated rings. The number of hydrogen-bond donors (Lipinski definition) is 2. The normalized spacial score (nSPS) is 12.0. The topological polar surface area (TPSA) is 98.7 Å². The van der Waals surface area contributed by atoms with E-state index >= 15 is 0 Å². The second-order valence-electron chi connectivity index (χ2n) is 5.29. The summed E-state index contributed by atoms with van der Waals surface area (Å²) in [5.74, 6) is 6.26. The van der Waals surface area contributed by atoms with E-state index in [0.717, 1.165) is 5.56 Å². The van der Waals surface area contributed by atoms with Gasteiger partial charge < -0.3 is 11.2 Å². The summed E-state index contributed by atoms with van der Waals surface area (Å²) in [6, 6.07) is 8.46. The molecule has 1 amide bonds. The quantitative estimate of drug-likeness (QED) is 0.495. The van der Waals surface area contributed by atoms with Crippen molar-refractivity contribution in [2.24, 2.45) is 0 Å². The summed E-state index contributed by atoms with van der Waals surface area (Å²) >= 11 is 13.2. The number of nitrogens with two attached hydrogens (primary N) is 1. The summed E-state index contributed by atoms with van der Waals surface area (Å²) in [4.78, 5) is 16.5. The lowest BCUT2D eigenvalue weighted by molar-refractivity contribution is -0.115. The van der Waals surface area contributed by atoms with Crippen LogP contribution in [0.2, 0.25) is 10.0 Å². The van der Waals surface area contributed by atoms with Crippen molar-refractivity contribution in [3.63, 3.8) is 0 Å². The van der Waals surface area contributed by atoms with Crippen LogP contribution < -0.4 is 11.2 Å². The van der Waals surface area contributed by atoms with Gasteiger partial charge >= 0.3 is 0 Å². The van der Waals surface area contributed by atoms with Gasteiger partial charge in [0, 0.05) is 23.0 Å². The van der Waals surface area contributed by atoms with Crippen molar-refractivity contribution < 1.29 is 4.79 Å². The Labute approximate surface area is 163 Å². The zero-order chi connectivity index (χ0) is 18.7. The van der Waals surface area contributed by atoms with Gasteiger partial charge in [-0.2, -0.15) is 0 Å². The smallest absolute Gasteiger partial charge is 0.237 e. The van der Waals surface area contributed by atoms with Crippen LogP contribution in [0.15, 0.2) is 47.9 Å². The van der Waals surface area contributed by atoms with Crippen LogP contribution in [0.25, 0.3) is 11.4 Å². The van der Waals surface area contributed by atoms with Gasteiger partial charge in [0.25, 0.3) is 0 Å². The third-order valence-corrected chi connectivity index (χ3v) is 5.04. The van der Waals surface area contributed by atoms with Crippen molar-refractivity contribution in [1.29, 1.82) is 0 Å². The standard InChI is InChI=1S/C16H14Cl2N6OS/c1-9(15(25)21-13-7-11(17)4-5-12(13)18)26-16-23-22-14(24(16)19)10-3-2-6-20-8-10/h2-9H,19H2,1H3,(H,21,25)/t9-/m0/s1. The maximum Gasteiger partial charge on any atom is 0.237 e. The molecule has 0 aliphatic carbocycles. The molecule has 2 aromatic heterocycles. The van der Waals surface area contributed by atoms with Gasteiger partial charge in [0.2, 0.25) is 11.1 Å². The molecule has 0 aliphatic heterocycles. The van der Waals surface area contributed by atoms with Gasteiger partial charge in [-0.25, -0.2) is 4.68 Å². The summed E-state index contributed by atoms with van der Waals surface area (Å²) in [6.45, 7) is 1.73. The second-order valence-corrected chi connectivity index (χ2v) is 7.44. The van der Waals surface area contributed by atoms with Gasteiger partial charge in [-0.1, -0.05) is 35.0 Å². The average molecular weight is 409 g/mol. The number of pyridine rings is 1. The summed E-state index contributed by atoms with van der Waals surface area (Å²) < 4.78 is 1.33. The van der Waals surface area contributed by atoms with E-state index in [1.165, 1.54) is 16.4 Å². The maximum absolute atomic E-state index is 12.4. The lowest BCUT2D eigenvalue weighted by atomic mass is 10.3. The second kappa shape index (κ2) is 7.94. The van der Waals surface area contributed by atoms with Crippen molar-refractivity contribution in [2.45, 2.75) is 17.3 Å². The highest BCUT2D eigenvalue weighted by Crippen LogP contribution is 2.28. The number of thioether (sulfide) groups is 1. The molecule has 1 atom stereocenters. The Morgan fingerprint density at radius 1 is 1.31 bits per heavy atom. The molecular formula is C16H14Cl2N6OS. The van der Waals surface area contributed by atoms with E-state index in [4.69, 9.17) is 29.0 Å². The predicted octanol–water partition coefficient (Wildman–Crippen LogP) is 3.48. The van der Waals surface area contributed by atoms with Crippen LogP contribution >= 0.6 is 35.0 Å². The molecule has 0 unspecified atom stereocenters. The zero-order valence-corrected chi connectivity index (χ0v) is 15.9. The van der Waals surface area contributed by atoms with Gasteiger partial charge in [0.15, 0.2) is 5.82 Å². The van der Waals surface area contributed by atoms with Crippen molar-refractivity contribution in [1.82, 2.24) is 19.9 Å². The Hall–Kier alpha value is -2.29. The summed E-state index contributed by atoms with van der Waals surface area (Å²) in [7, 11) is 0. The molecule has 7 nitrogen and oxygen atoms in total. The molecule has 1 aromatic carbocycles. The zero-order valence-electron chi connectivity index (χ0n) is 13.6. The maximum atomic E-state index is 12.4.